The van der Waals surface area contributed by atoms with Crippen molar-refractivity contribution in [2.45, 2.75) is 45.4 Å². The molecule has 43 heavy (non-hydrogen) atoms. The number of rotatable bonds is 8. The molecule has 0 radical (unpaired) electrons. The Morgan fingerprint density at radius 3 is 2.23 bits per heavy atom. The lowest BCUT2D eigenvalue weighted by Crippen LogP contribution is -2.58. The van der Waals surface area contributed by atoms with Crippen LogP contribution < -0.4 is 5.32 Å². The third-order valence-corrected chi connectivity index (χ3v) is 9.62. The van der Waals surface area contributed by atoms with Crippen molar-refractivity contribution in [3.63, 3.8) is 0 Å². The van der Waals surface area contributed by atoms with Crippen LogP contribution in [0.4, 0.5) is 9.18 Å². The van der Waals surface area contributed by atoms with Crippen LogP contribution in [0.15, 0.2) is 66.9 Å². The van der Waals surface area contributed by atoms with E-state index >= 15 is 4.39 Å². The van der Waals surface area contributed by atoms with Crippen LogP contribution in [0.25, 0.3) is 11.3 Å². The quantitative estimate of drug-likeness (QED) is 0.409. The van der Waals surface area contributed by atoms with Gasteiger partial charge in [-0.3, -0.25) is 0 Å². The fourth-order valence-electron chi connectivity index (χ4n) is 6.11. The van der Waals surface area contributed by atoms with Gasteiger partial charge in [0.1, 0.15) is 11.5 Å². The first-order valence-corrected chi connectivity index (χ1v) is 16.8. The van der Waals surface area contributed by atoms with Crippen LogP contribution in [-0.2, 0) is 16.6 Å². The number of hydrogen-bond acceptors (Lipinski definition) is 5. The smallest absolute Gasteiger partial charge is 0.320 e. The van der Waals surface area contributed by atoms with E-state index in [2.05, 4.69) is 42.8 Å². The number of sulfonamides is 1. The van der Waals surface area contributed by atoms with E-state index < -0.39 is 27.1 Å². The molecule has 9 nitrogen and oxygen atoms in total. The number of carbonyl (C=O) groups is 1. The maximum absolute atomic E-state index is 16.3. The Labute approximate surface area is 254 Å². The number of urea groups is 1. The molecular formula is C32H43FN6O3S. The van der Waals surface area contributed by atoms with Crippen LogP contribution in [-0.4, -0.2) is 95.8 Å². The standard InChI is InChI=1S/C32H43FN6O3S/c1-31(2,3)28(29-35-27(26-13-9-6-10-14-26)22-37(29)21-25-11-7-5-8-12-25)39(24-32(33)15-16-34-23-32)30(40)36-17-19-38(20-18-36)43(4,41)42/h5-14,22,28,34H,15-21,23-24H2,1-4H3/t28-,32?/m0/s1. The molecule has 1 unspecified atom stereocenters. The highest BCUT2D eigenvalue weighted by atomic mass is 32.2. The largest absolute Gasteiger partial charge is 0.328 e. The molecule has 3 heterocycles. The zero-order chi connectivity index (χ0) is 30.8. The van der Waals surface area contributed by atoms with Crippen molar-refractivity contribution in [2.24, 2.45) is 5.41 Å². The van der Waals surface area contributed by atoms with Crippen molar-refractivity contribution in [1.29, 1.82) is 0 Å². The van der Waals surface area contributed by atoms with Gasteiger partial charge in [0.25, 0.3) is 0 Å². The van der Waals surface area contributed by atoms with Crippen molar-refractivity contribution in [2.75, 3.05) is 52.1 Å². The van der Waals surface area contributed by atoms with E-state index in [1.54, 1.807) is 9.80 Å². The van der Waals surface area contributed by atoms with Gasteiger partial charge in [-0.05, 0) is 23.9 Å². The fraction of sp³-hybridized carbons (Fsp3) is 0.500. The van der Waals surface area contributed by atoms with Crippen molar-refractivity contribution in [1.82, 2.24) is 29.0 Å². The maximum atomic E-state index is 16.3. The van der Waals surface area contributed by atoms with Crippen molar-refractivity contribution in [3.05, 3.63) is 78.2 Å². The number of benzene rings is 2. The average molecular weight is 611 g/mol. The van der Waals surface area contributed by atoms with E-state index in [1.807, 2.05) is 54.7 Å². The Balaban J connectivity index is 1.58. The molecule has 2 aromatic carbocycles. The second kappa shape index (κ2) is 12.4. The lowest BCUT2D eigenvalue weighted by molar-refractivity contribution is 0.0364. The number of imidazole rings is 1. The van der Waals surface area contributed by atoms with Crippen LogP contribution in [0.3, 0.4) is 0 Å². The SMILES string of the molecule is CC(C)(C)[C@H](c1nc(-c2ccccc2)cn1Cc1ccccc1)N(CC1(F)CCNC1)C(=O)N1CCN(S(C)(=O)=O)CC1. The molecule has 2 aliphatic heterocycles. The maximum Gasteiger partial charge on any atom is 0.320 e. The third-order valence-electron chi connectivity index (χ3n) is 8.32. The van der Waals surface area contributed by atoms with E-state index in [0.29, 0.717) is 25.3 Å². The molecule has 0 spiro atoms. The zero-order valence-electron chi connectivity index (χ0n) is 25.5. The van der Waals surface area contributed by atoms with Crippen LogP contribution in [0, 0.1) is 5.41 Å². The number of alkyl halides is 1. The van der Waals surface area contributed by atoms with E-state index in [1.165, 1.54) is 10.6 Å². The number of nitrogens with zero attached hydrogens (tertiary/aromatic N) is 5. The van der Waals surface area contributed by atoms with E-state index in [0.717, 1.165) is 16.8 Å². The fourth-order valence-corrected chi connectivity index (χ4v) is 6.94. The van der Waals surface area contributed by atoms with Crippen LogP contribution >= 0.6 is 0 Å². The molecule has 232 valence electrons. The van der Waals surface area contributed by atoms with Gasteiger partial charge in [-0.15, -0.1) is 0 Å². The van der Waals surface area contributed by atoms with Crippen LogP contribution in [0.1, 0.15) is 44.6 Å². The highest BCUT2D eigenvalue weighted by molar-refractivity contribution is 7.88. The number of nitrogens with one attached hydrogen (secondary N) is 1. The van der Waals surface area contributed by atoms with Gasteiger partial charge >= 0.3 is 6.03 Å². The van der Waals surface area contributed by atoms with Gasteiger partial charge in [0.05, 0.1) is 24.5 Å². The topological polar surface area (TPSA) is 90.8 Å². The molecule has 2 aliphatic rings. The molecule has 5 rings (SSSR count). The number of hydrogen-bond donors (Lipinski definition) is 1. The summed E-state index contributed by atoms with van der Waals surface area (Å²) in [7, 11) is -3.37. The number of amides is 2. The molecule has 2 atom stereocenters. The summed E-state index contributed by atoms with van der Waals surface area (Å²) in [5, 5.41) is 3.13. The van der Waals surface area contributed by atoms with Gasteiger partial charge in [0.2, 0.25) is 10.0 Å². The summed E-state index contributed by atoms with van der Waals surface area (Å²) < 4.78 is 44.1. The van der Waals surface area contributed by atoms with Crippen LogP contribution in [0.2, 0.25) is 0 Å². The second-order valence-corrected chi connectivity index (χ2v) is 14.9. The zero-order valence-corrected chi connectivity index (χ0v) is 26.4. The predicted octanol–water partition coefficient (Wildman–Crippen LogP) is 4.39. The monoisotopic (exact) mass is 610 g/mol. The summed E-state index contributed by atoms with van der Waals surface area (Å²) in [4.78, 5) is 22.9. The summed E-state index contributed by atoms with van der Waals surface area (Å²) in [6.07, 6.45) is 3.51. The molecule has 11 heteroatoms. The molecule has 3 aromatic rings. The summed E-state index contributed by atoms with van der Waals surface area (Å²) in [6.45, 7) is 8.24. The molecule has 2 saturated heterocycles. The Kier molecular flexibility index (Phi) is 8.97. The highest BCUT2D eigenvalue weighted by Crippen LogP contribution is 2.41. The third kappa shape index (κ3) is 7.27. The molecule has 0 saturated carbocycles. The lowest BCUT2D eigenvalue weighted by Gasteiger charge is -2.45. The summed E-state index contributed by atoms with van der Waals surface area (Å²) in [5.74, 6) is 0.688. The Morgan fingerprint density at radius 2 is 1.67 bits per heavy atom. The van der Waals surface area contributed by atoms with Gasteiger partial charge < -0.3 is 19.7 Å². The van der Waals surface area contributed by atoms with Gasteiger partial charge in [-0.2, -0.15) is 4.31 Å². The number of halogens is 1. The Bertz CT molecular complexity index is 1490. The first-order chi connectivity index (χ1) is 20.3. The molecule has 1 N–H and O–H groups in total. The summed E-state index contributed by atoms with van der Waals surface area (Å²) in [6, 6.07) is 19.1. The summed E-state index contributed by atoms with van der Waals surface area (Å²) >= 11 is 0. The normalized spacial score (nSPS) is 20.7. The minimum Gasteiger partial charge on any atom is -0.328 e. The van der Waals surface area contributed by atoms with Gasteiger partial charge in [-0.25, -0.2) is 22.6 Å². The van der Waals surface area contributed by atoms with E-state index in [9.17, 15) is 13.2 Å². The Morgan fingerprint density at radius 1 is 1.05 bits per heavy atom. The molecule has 2 amide bonds. The predicted molar refractivity (Wildman–Crippen MR) is 167 cm³/mol. The lowest BCUT2D eigenvalue weighted by atomic mass is 9.84. The number of piperazine rings is 1. The Hall–Kier alpha value is -3.28. The van der Waals surface area contributed by atoms with Gasteiger partial charge in [0.15, 0.2) is 0 Å². The average Bonchev–Trinajstić information content (AvgIpc) is 3.58. The van der Waals surface area contributed by atoms with Crippen molar-refractivity contribution in [3.8, 4) is 11.3 Å². The van der Waals surface area contributed by atoms with E-state index in [4.69, 9.17) is 4.98 Å². The second-order valence-electron chi connectivity index (χ2n) is 12.9. The van der Waals surface area contributed by atoms with Crippen LogP contribution in [0.5, 0.6) is 0 Å². The van der Waals surface area contributed by atoms with E-state index in [-0.39, 0.29) is 45.3 Å². The highest BCUT2D eigenvalue weighted by Gasteiger charge is 2.46. The van der Waals surface area contributed by atoms with Gasteiger partial charge in [0, 0.05) is 51.0 Å². The molecule has 0 bridgehead atoms. The number of carbonyl (C=O) groups excluding carboxylic acids is 1. The first kappa shape index (κ1) is 31.2. The summed E-state index contributed by atoms with van der Waals surface area (Å²) in [5.41, 5.74) is 0.727. The van der Waals surface area contributed by atoms with Crippen molar-refractivity contribution < 1.29 is 17.6 Å². The molecule has 1 aromatic heterocycles. The minimum atomic E-state index is -3.37. The van der Waals surface area contributed by atoms with Gasteiger partial charge in [-0.1, -0.05) is 81.4 Å². The number of aromatic nitrogens is 2. The molecule has 0 aliphatic carbocycles. The first-order valence-electron chi connectivity index (χ1n) is 14.9. The molecular weight excluding hydrogens is 567 g/mol. The molecule has 2 fully saturated rings. The van der Waals surface area contributed by atoms with Crippen molar-refractivity contribution >= 4 is 16.1 Å². The minimum absolute atomic E-state index is 0.0913.